The highest BCUT2D eigenvalue weighted by molar-refractivity contribution is 7.87. The van der Waals surface area contributed by atoms with Gasteiger partial charge in [-0.3, -0.25) is 4.74 Å². The summed E-state index contributed by atoms with van der Waals surface area (Å²) in [5.41, 5.74) is -3.09. The van der Waals surface area contributed by atoms with Crippen LogP contribution in [-0.4, -0.2) is 48.8 Å². The van der Waals surface area contributed by atoms with E-state index in [0.29, 0.717) is 17.8 Å². The first-order valence-corrected chi connectivity index (χ1v) is 21.5. The van der Waals surface area contributed by atoms with E-state index >= 15 is 0 Å². The zero-order valence-corrected chi connectivity index (χ0v) is 32.2. The van der Waals surface area contributed by atoms with Crippen LogP contribution in [0.15, 0.2) is 48.6 Å². The number of hydrogen-bond acceptors (Lipinski definition) is 3. The third-order valence-corrected chi connectivity index (χ3v) is 17.6. The zero-order valence-electron chi connectivity index (χ0n) is 31.3. The van der Waals surface area contributed by atoms with E-state index in [1.165, 1.54) is 31.4 Å². The van der Waals surface area contributed by atoms with Crippen LogP contribution in [0.1, 0.15) is 59.3 Å². The van der Waals surface area contributed by atoms with Crippen molar-refractivity contribution in [3.63, 3.8) is 0 Å². The Morgan fingerprint density at radius 2 is 0.982 bits per heavy atom. The molecule has 0 amide bonds. The average molecular weight is 847 g/mol. The molecule has 0 heterocycles. The fourth-order valence-electron chi connectivity index (χ4n) is 14.3. The number of hydrogen-bond donors (Lipinski definition) is 0. The third-order valence-electron chi connectivity index (χ3n) is 16.8. The molecular formula is C41H46F12O3S. The molecule has 0 aromatic rings. The molecule has 57 heavy (non-hydrogen) atoms. The van der Waals surface area contributed by atoms with Gasteiger partial charge in [0.1, 0.15) is 5.67 Å². The lowest BCUT2D eigenvalue weighted by Crippen LogP contribution is -2.73. The van der Waals surface area contributed by atoms with E-state index in [1.807, 2.05) is 12.2 Å². The van der Waals surface area contributed by atoms with E-state index in [4.69, 9.17) is 0 Å². The van der Waals surface area contributed by atoms with Crippen LogP contribution < -0.4 is 0 Å². The van der Waals surface area contributed by atoms with Gasteiger partial charge in [-0.2, -0.15) is 34.8 Å². The Labute approximate surface area is 324 Å². The molecule has 12 aliphatic rings. The molecule has 20 unspecified atom stereocenters. The Morgan fingerprint density at radius 1 is 0.561 bits per heavy atom. The van der Waals surface area contributed by atoms with Gasteiger partial charge in [-0.25, -0.2) is 22.0 Å². The summed E-state index contributed by atoms with van der Waals surface area (Å²) in [6.45, 7) is 5.26. The van der Waals surface area contributed by atoms with Crippen molar-refractivity contribution in [2.45, 2.75) is 99.7 Å². The Bertz CT molecular complexity index is 1880. The summed E-state index contributed by atoms with van der Waals surface area (Å²) in [4.78, 5) is 0. The van der Waals surface area contributed by atoms with Gasteiger partial charge in [0.25, 0.3) is 11.8 Å². The van der Waals surface area contributed by atoms with E-state index in [2.05, 4.69) is 36.0 Å². The van der Waals surface area contributed by atoms with Gasteiger partial charge in [-0.15, -0.1) is 0 Å². The largest absolute Gasteiger partial charge is 0.464 e. The molecule has 0 radical (unpaired) electrons. The molecule has 12 rings (SSSR count). The van der Waals surface area contributed by atoms with E-state index < -0.39 is 86.1 Å². The second-order valence-electron chi connectivity index (χ2n) is 19.6. The van der Waals surface area contributed by atoms with Gasteiger partial charge in [-0.05, 0) is 123 Å². The summed E-state index contributed by atoms with van der Waals surface area (Å²) in [7, 11) is -7.22. The van der Waals surface area contributed by atoms with Gasteiger partial charge in [0.2, 0.25) is 0 Å². The molecule has 318 valence electrons. The van der Waals surface area contributed by atoms with Gasteiger partial charge in [0.15, 0.2) is 5.67 Å². The van der Waals surface area contributed by atoms with Crippen molar-refractivity contribution in [3.05, 3.63) is 48.6 Å². The maximum atomic E-state index is 14.4. The summed E-state index contributed by atoms with van der Waals surface area (Å²) >= 11 is 0. The zero-order chi connectivity index (χ0) is 41.4. The number of rotatable bonds is 4. The van der Waals surface area contributed by atoms with Crippen molar-refractivity contribution in [1.82, 2.24) is 0 Å². The molecule has 8 bridgehead atoms. The Kier molecular flexibility index (Phi) is 8.59. The molecule has 0 saturated heterocycles. The van der Waals surface area contributed by atoms with Crippen LogP contribution in [0.25, 0.3) is 0 Å². The normalized spacial score (nSPS) is 54.1. The highest BCUT2D eigenvalue weighted by Gasteiger charge is 2.87. The van der Waals surface area contributed by atoms with Gasteiger partial charge in [0.05, 0.1) is 0 Å². The minimum atomic E-state index is -7.22. The van der Waals surface area contributed by atoms with Gasteiger partial charge in [-0.1, -0.05) is 59.4 Å². The number of ether oxygens (including phenoxy) is 1. The van der Waals surface area contributed by atoms with Crippen LogP contribution in [0.5, 0.6) is 0 Å². The SMILES string of the molecule is CC1(F)C2C3C=CC(C3)C2C1(F)F.CC1(F)CC2C3C=CC(C3)C21.CC1CC2C3C=CC(C3)C12.O=S(=O)(F)C(F)(F)C(F)(F)OC1(F)C2C3C=CC(C3)C2C1(F)F. The maximum absolute atomic E-state index is 14.4. The smallest absolute Gasteiger partial charge is 0.271 e. The summed E-state index contributed by atoms with van der Waals surface area (Å²) in [5.74, 6) is -10.9. The summed E-state index contributed by atoms with van der Waals surface area (Å²) < 4.78 is 184. The lowest BCUT2D eigenvalue weighted by atomic mass is 9.56. The Hall–Kier alpha value is -1.97. The van der Waals surface area contributed by atoms with E-state index in [-0.39, 0.29) is 18.3 Å². The molecule has 12 aliphatic carbocycles. The first-order valence-electron chi connectivity index (χ1n) is 20.1. The molecule has 20 atom stereocenters. The summed E-state index contributed by atoms with van der Waals surface area (Å²) in [5, 5.41) is -6.51. The lowest BCUT2D eigenvalue weighted by molar-refractivity contribution is -0.481. The maximum Gasteiger partial charge on any atom is 0.464 e. The summed E-state index contributed by atoms with van der Waals surface area (Å²) in [6.07, 6.45) is 15.4. The second kappa shape index (κ2) is 12.1. The van der Waals surface area contributed by atoms with Gasteiger partial charge < -0.3 is 0 Å². The van der Waals surface area contributed by atoms with Crippen molar-refractivity contribution < 1.29 is 65.3 Å². The molecule has 0 spiro atoms. The van der Waals surface area contributed by atoms with Crippen molar-refractivity contribution >= 4 is 10.2 Å². The predicted molar refractivity (Wildman–Crippen MR) is 183 cm³/mol. The second-order valence-corrected chi connectivity index (χ2v) is 21.0. The lowest BCUT2D eigenvalue weighted by Gasteiger charge is -2.56. The molecule has 0 N–H and O–H groups in total. The van der Waals surface area contributed by atoms with Crippen LogP contribution in [0.4, 0.5) is 52.2 Å². The Morgan fingerprint density at radius 3 is 1.42 bits per heavy atom. The van der Waals surface area contributed by atoms with Crippen LogP contribution in [0.2, 0.25) is 0 Å². The molecule has 16 heteroatoms. The number of halogens is 12. The highest BCUT2D eigenvalue weighted by Crippen LogP contribution is 2.73. The molecular weight excluding hydrogens is 800 g/mol. The van der Waals surface area contributed by atoms with Crippen LogP contribution in [0, 0.1) is 101 Å². The number of fused-ring (bicyclic) bond motifs is 20. The van der Waals surface area contributed by atoms with E-state index in [9.17, 15) is 60.6 Å². The number of alkyl halides is 11. The average Bonchev–Trinajstić information content (AvgIpc) is 3.96. The van der Waals surface area contributed by atoms with Crippen molar-refractivity contribution in [3.8, 4) is 0 Å². The van der Waals surface area contributed by atoms with Crippen molar-refractivity contribution in [2.75, 3.05) is 0 Å². The standard InChI is InChI=1S/C11H8F8O3S.C10H11F3.C10H13F.C10H14/c12-8(13)6-4-1-2-5(3-4)7(6)9(8,14)22-10(15,16)11(17,18)23(19,20)21;1-9(11)7-5-2-3-6(4-5)8(7)10(9,12)13;1-10(11)5-8-6-2-3-7(4-6)9(8)10;1-6-4-9-7-2-3-8(5-7)10(6)9/h1-2,4-7H,3H2;2-3,5-8H,4H2,1H3;2-3,6-9H,4-5H2,1H3;2-3,6-10H,4-5H2,1H3. The van der Waals surface area contributed by atoms with Crippen LogP contribution in [0.3, 0.4) is 0 Å². The molecule has 8 fully saturated rings. The van der Waals surface area contributed by atoms with Crippen molar-refractivity contribution in [2.24, 2.45) is 101 Å². The summed E-state index contributed by atoms with van der Waals surface area (Å²) in [6, 6.07) is 0. The fourth-order valence-corrected chi connectivity index (χ4v) is 14.6. The van der Waals surface area contributed by atoms with Crippen LogP contribution in [-0.2, 0) is 15.0 Å². The fraction of sp³-hybridized carbons (Fsp3) is 0.805. The molecule has 0 aliphatic heterocycles. The van der Waals surface area contributed by atoms with Crippen LogP contribution >= 0.6 is 0 Å². The molecule has 8 saturated carbocycles. The van der Waals surface area contributed by atoms with E-state index in [0.717, 1.165) is 55.3 Å². The topological polar surface area (TPSA) is 43.4 Å². The highest BCUT2D eigenvalue weighted by atomic mass is 32.3. The molecule has 0 aromatic heterocycles. The predicted octanol–water partition coefficient (Wildman–Crippen LogP) is 11.1. The van der Waals surface area contributed by atoms with Gasteiger partial charge in [0, 0.05) is 29.6 Å². The number of allylic oxidation sites excluding steroid dienone is 8. The first kappa shape index (κ1) is 40.4. The quantitative estimate of drug-likeness (QED) is 0.161. The minimum Gasteiger partial charge on any atom is -0.271 e. The minimum absolute atomic E-state index is 0.0172. The Balaban J connectivity index is 0.000000105. The van der Waals surface area contributed by atoms with Gasteiger partial charge >= 0.3 is 27.5 Å². The van der Waals surface area contributed by atoms with E-state index in [1.54, 1.807) is 6.92 Å². The molecule has 0 aromatic carbocycles. The third kappa shape index (κ3) is 5.24. The monoisotopic (exact) mass is 846 g/mol. The molecule has 3 nitrogen and oxygen atoms in total. The first-order chi connectivity index (χ1) is 26.2. The van der Waals surface area contributed by atoms with Crippen molar-refractivity contribution in [1.29, 1.82) is 0 Å².